The quantitative estimate of drug-likeness (QED) is 0.333. The zero-order chi connectivity index (χ0) is 3.54. The van der Waals surface area contributed by atoms with Crippen LogP contribution in [0.2, 0.25) is 5.67 Å². The van der Waals surface area contributed by atoms with Crippen molar-refractivity contribution in [1.82, 2.24) is 0 Å². The maximum atomic E-state index is 1.90. The molecule has 6 heavy (non-hydrogen) atoms. The van der Waals surface area contributed by atoms with Gasteiger partial charge in [0.2, 0.25) is 0 Å². The fourth-order valence-corrected chi connectivity index (χ4v) is 71.6. The van der Waals surface area contributed by atoms with Crippen molar-refractivity contribution in [3.05, 3.63) is 0 Å². The standard InChI is InChI=1S/CH10Si4.CH4/c1-2-4-5-3-1;/h1-5H2;1H4. The molecule has 0 aliphatic carbocycles. The third-order valence-corrected chi connectivity index (χ3v) is 47.2. The topological polar surface area (TPSA) is 0 Å². The largest absolute Gasteiger partial charge is 0.0776 e. The maximum absolute atomic E-state index is 1.90. The summed E-state index contributed by atoms with van der Waals surface area (Å²) in [5.74, 6) is 0. The van der Waals surface area contributed by atoms with E-state index in [1.807, 2.05) is 5.67 Å². The van der Waals surface area contributed by atoms with Crippen LogP contribution in [0.25, 0.3) is 0 Å². The van der Waals surface area contributed by atoms with E-state index in [-0.39, 0.29) is 7.43 Å². The Balaban J connectivity index is 0.000000250. The molecule has 1 aliphatic rings. The lowest BCUT2D eigenvalue weighted by Gasteiger charge is -1.65. The first-order chi connectivity index (χ1) is 2.50. The van der Waals surface area contributed by atoms with Gasteiger partial charge in [0.05, 0.1) is 0 Å². The van der Waals surface area contributed by atoms with E-state index in [0.717, 1.165) is 35.2 Å². The lowest BCUT2D eigenvalue weighted by Crippen LogP contribution is -2.00. The van der Waals surface area contributed by atoms with Crippen molar-refractivity contribution >= 4 is 35.2 Å². The van der Waals surface area contributed by atoms with Crippen LogP contribution in [-0.4, -0.2) is 35.2 Å². The summed E-state index contributed by atoms with van der Waals surface area (Å²) in [6, 6.07) is 0. The summed E-state index contributed by atoms with van der Waals surface area (Å²) in [6.45, 7) is 0. The van der Waals surface area contributed by atoms with E-state index in [9.17, 15) is 0 Å². The molecule has 0 bridgehead atoms. The second-order valence-corrected chi connectivity index (χ2v) is 28.6. The van der Waals surface area contributed by atoms with Gasteiger partial charge in [-0.3, -0.25) is 0 Å². The van der Waals surface area contributed by atoms with E-state index in [1.54, 1.807) is 0 Å². The minimum absolute atomic E-state index is 0. The fraction of sp³-hybridized carbons (Fsp3) is 1.00. The molecule has 0 aromatic heterocycles. The number of hydrogen-bond acceptors (Lipinski definition) is 0. The van der Waals surface area contributed by atoms with Crippen LogP contribution in [0.1, 0.15) is 7.43 Å². The predicted molar refractivity (Wildman–Crippen MR) is 45.7 cm³/mol. The number of rotatable bonds is 0. The molecule has 0 aromatic carbocycles. The molecule has 0 N–H and O–H groups in total. The van der Waals surface area contributed by atoms with Crippen LogP contribution in [-0.2, 0) is 0 Å². The molecule has 0 unspecified atom stereocenters. The molecule has 0 saturated carbocycles. The molecule has 1 fully saturated rings. The second-order valence-electron chi connectivity index (χ2n) is 1.77. The Labute approximate surface area is 48.8 Å². The molecule has 1 heterocycles. The molecule has 1 saturated heterocycles. The van der Waals surface area contributed by atoms with Gasteiger partial charge in [-0.2, -0.15) is 0 Å². The third kappa shape index (κ3) is 2.11. The molecule has 0 radical (unpaired) electrons. The molecule has 4 heteroatoms. The van der Waals surface area contributed by atoms with Crippen LogP contribution in [0, 0.1) is 0 Å². The van der Waals surface area contributed by atoms with Crippen molar-refractivity contribution in [2.45, 2.75) is 13.1 Å². The zero-order valence-electron chi connectivity index (χ0n) is 3.54. The average molecular weight is 150 g/mol. The van der Waals surface area contributed by atoms with E-state index in [2.05, 4.69) is 0 Å². The summed E-state index contributed by atoms with van der Waals surface area (Å²) in [5, 5.41) is 0. The zero-order valence-corrected chi connectivity index (χ0v) is 9.19. The smallest absolute Gasteiger partial charge is 0.00116 e. The summed E-state index contributed by atoms with van der Waals surface area (Å²) in [6.07, 6.45) is 0. The van der Waals surface area contributed by atoms with E-state index < -0.39 is 0 Å². The van der Waals surface area contributed by atoms with Crippen molar-refractivity contribution in [1.29, 1.82) is 0 Å². The maximum Gasteiger partial charge on any atom is 0.00116 e. The van der Waals surface area contributed by atoms with Gasteiger partial charge in [0.1, 0.15) is 0 Å². The van der Waals surface area contributed by atoms with Crippen molar-refractivity contribution in [2.75, 3.05) is 0 Å². The monoisotopic (exact) mass is 150 g/mol. The van der Waals surface area contributed by atoms with Crippen molar-refractivity contribution in [2.24, 2.45) is 0 Å². The highest BCUT2D eigenvalue weighted by atomic mass is 29.7. The molecule has 1 aliphatic heterocycles. The Morgan fingerprint density at radius 3 is 1.67 bits per heavy atom. The summed E-state index contributed by atoms with van der Waals surface area (Å²) < 4.78 is 0. The second kappa shape index (κ2) is 4.04. The van der Waals surface area contributed by atoms with E-state index in [1.165, 1.54) is 0 Å². The first-order valence-corrected chi connectivity index (χ1v) is 16.5. The van der Waals surface area contributed by atoms with Gasteiger partial charge in [-0.15, -0.1) is 0 Å². The minimum Gasteiger partial charge on any atom is -0.0776 e. The van der Waals surface area contributed by atoms with Gasteiger partial charge < -0.3 is 0 Å². The molecule has 0 nitrogen and oxygen atoms in total. The Hall–Kier alpha value is 0.868. The lowest BCUT2D eigenvalue weighted by atomic mass is 11.9. The van der Waals surface area contributed by atoms with Crippen LogP contribution >= 0.6 is 0 Å². The summed E-state index contributed by atoms with van der Waals surface area (Å²) in [5.41, 5.74) is 1.90. The Kier molecular flexibility index (Phi) is 4.62. The summed E-state index contributed by atoms with van der Waals surface area (Å²) in [4.78, 5) is 0. The Morgan fingerprint density at radius 2 is 1.50 bits per heavy atom. The van der Waals surface area contributed by atoms with Gasteiger partial charge in [-0.1, -0.05) is 13.1 Å². The van der Waals surface area contributed by atoms with E-state index in [0.29, 0.717) is 0 Å². The highest BCUT2D eigenvalue weighted by Gasteiger charge is 1.99. The highest BCUT2D eigenvalue weighted by Crippen LogP contribution is 1.77. The van der Waals surface area contributed by atoms with E-state index in [4.69, 9.17) is 0 Å². The Morgan fingerprint density at radius 1 is 1.00 bits per heavy atom. The predicted octanol–water partition coefficient (Wildman–Crippen LogP) is -2.57. The highest BCUT2D eigenvalue weighted by molar-refractivity contribution is 7.51. The first-order valence-electron chi connectivity index (χ1n) is 2.50. The third-order valence-electron chi connectivity index (χ3n) is 1.25. The average Bonchev–Trinajstić information content (AvgIpc) is 1.76. The van der Waals surface area contributed by atoms with Crippen LogP contribution in [0.4, 0.5) is 0 Å². The van der Waals surface area contributed by atoms with Crippen molar-refractivity contribution in [3.8, 4) is 0 Å². The van der Waals surface area contributed by atoms with Crippen molar-refractivity contribution in [3.63, 3.8) is 0 Å². The molecule has 0 spiro atoms. The van der Waals surface area contributed by atoms with Gasteiger partial charge in [0.25, 0.3) is 0 Å². The van der Waals surface area contributed by atoms with Crippen LogP contribution in [0.5, 0.6) is 0 Å². The first kappa shape index (κ1) is 6.87. The van der Waals surface area contributed by atoms with Crippen LogP contribution in [0.15, 0.2) is 0 Å². The van der Waals surface area contributed by atoms with Gasteiger partial charge in [-0.25, -0.2) is 0 Å². The summed E-state index contributed by atoms with van der Waals surface area (Å²) in [7, 11) is 3.38. The molecular weight excluding hydrogens is 136 g/mol. The number of hydrogen-bond donors (Lipinski definition) is 0. The lowest BCUT2D eigenvalue weighted by molar-refractivity contribution is 2.11. The minimum atomic E-state index is 0. The fourth-order valence-electron chi connectivity index (χ4n) is 0.884. The van der Waals surface area contributed by atoms with Crippen LogP contribution < -0.4 is 0 Å². The Bertz CT molecular complexity index is 17.1. The van der Waals surface area contributed by atoms with Gasteiger partial charge in [0.15, 0.2) is 0 Å². The molecule has 38 valence electrons. The molecular formula is C2H14Si4. The van der Waals surface area contributed by atoms with E-state index >= 15 is 0 Å². The SMILES string of the molecule is C.C1[SiH2][SiH2][SiH2][SiH2]1. The summed E-state index contributed by atoms with van der Waals surface area (Å²) >= 11 is 0. The van der Waals surface area contributed by atoms with Gasteiger partial charge >= 0.3 is 0 Å². The molecule has 0 atom stereocenters. The van der Waals surface area contributed by atoms with Crippen LogP contribution in [0.3, 0.4) is 0 Å². The molecule has 0 amide bonds. The molecule has 1 rings (SSSR count). The van der Waals surface area contributed by atoms with Gasteiger partial charge in [-0.05, 0) is 17.1 Å². The normalized spacial score (nSPS) is 36.0. The van der Waals surface area contributed by atoms with Gasteiger partial charge in [0, 0.05) is 18.1 Å². The van der Waals surface area contributed by atoms with Crippen molar-refractivity contribution < 1.29 is 0 Å². The molecule has 0 aromatic rings.